The number of pyridine rings is 1. The summed E-state index contributed by atoms with van der Waals surface area (Å²) in [5.74, 6) is 0.655. The quantitative estimate of drug-likeness (QED) is 0.686. The van der Waals surface area contributed by atoms with E-state index < -0.39 is 0 Å². The van der Waals surface area contributed by atoms with Crippen LogP contribution in [0.4, 0.5) is 0 Å². The minimum absolute atomic E-state index is 0.0551. The first-order chi connectivity index (χ1) is 11.2. The van der Waals surface area contributed by atoms with Crippen LogP contribution < -0.4 is 5.32 Å². The van der Waals surface area contributed by atoms with Crippen LogP contribution in [0, 0.1) is 0 Å². The third-order valence-corrected chi connectivity index (χ3v) is 4.94. The molecule has 3 heterocycles. The minimum Gasteiger partial charge on any atom is -0.351 e. The lowest BCUT2D eigenvalue weighted by Crippen LogP contribution is -2.30. The zero-order valence-corrected chi connectivity index (χ0v) is 13.9. The molecular formula is C14H14N6OS2. The predicted octanol–water partition coefficient (Wildman–Crippen LogP) is 1.92. The van der Waals surface area contributed by atoms with Gasteiger partial charge in [0.15, 0.2) is 10.2 Å². The number of amides is 1. The first kappa shape index (κ1) is 15.6. The van der Waals surface area contributed by atoms with Crippen LogP contribution in [0.2, 0.25) is 0 Å². The Balaban J connectivity index is 1.63. The maximum absolute atomic E-state index is 12.2. The molecule has 9 heteroatoms. The predicted molar refractivity (Wildman–Crippen MR) is 88.4 cm³/mol. The monoisotopic (exact) mass is 346 g/mol. The summed E-state index contributed by atoms with van der Waals surface area (Å²) in [6.07, 6.45) is 5.22. The maximum atomic E-state index is 12.2. The third-order valence-electron chi connectivity index (χ3n) is 3.03. The van der Waals surface area contributed by atoms with E-state index in [1.54, 1.807) is 22.6 Å². The molecule has 0 saturated carbocycles. The summed E-state index contributed by atoms with van der Waals surface area (Å²) >= 11 is 2.82. The molecule has 0 saturated heterocycles. The molecule has 1 amide bonds. The molecular weight excluding hydrogens is 332 g/mol. The van der Waals surface area contributed by atoms with Gasteiger partial charge < -0.3 is 5.32 Å². The van der Waals surface area contributed by atoms with Crippen LogP contribution in [-0.2, 0) is 11.3 Å². The van der Waals surface area contributed by atoms with Gasteiger partial charge in [-0.1, -0.05) is 29.2 Å². The van der Waals surface area contributed by atoms with Gasteiger partial charge in [-0.25, -0.2) is 9.67 Å². The molecule has 3 rings (SSSR count). The second-order valence-electron chi connectivity index (χ2n) is 4.62. The van der Waals surface area contributed by atoms with Gasteiger partial charge in [0.1, 0.15) is 5.51 Å². The van der Waals surface area contributed by atoms with Crippen molar-refractivity contribution < 1.29 is 4.79 Å². The van der Waals surface area contributed by atoms with Crippen molar-refractivity contribution in [2.45, 2.75) is 23.1 Å². The lowest BCUT2D eigenvalue weighted by Gasteiger charge is -2.12. The molecule has 3 aromatic rings. The normalized spacial score (nSPS) is 12.0. The van der Waals surface area contributed by atoms with E-state index in [2.05, 4.69) is 25.6 Å². The van der Waals surface area contributed by atoms with E-state index in [0.717, 1.165) is 9.90 Å². The number of nitrogens with zero attached hydrogens (tertiary/aromatic N) is 5. The molecule has 0 aromatic carbocycles. The number of carbonyl (C=O) groups excluding carboxylic acids is 1. The number of hydrogen-bond donors (Lipinski definition) is 1. The molecule has 7 nitrogen and oxygen atoms in total. The van der Waals surface area contributed by atoms with Gasteiger partial charge in [-0.2, -0.15) is 5.10 Å². The summed E-state index contributed by atoms with van der Waals surface area (Å²) in [6, 6.07) is 5.60. The molecule has 1 N–H and O–H groups in total. The average molecular weight is 346 g/mol. The summed E-state index contributed by atoms with van der Waals surface area (Å²) in [5, 5.41) is 14.6. The van der Waals surface area contributed by atoms with Crippen molar-refractivity contribution in [3.8, 4) is 5.82 Å². The largest absolute Gasteiger partial charge is 0.351 e. The zero-order valence-electron chi connectivity index (χ0n) is 12.3. The van der Waals surface area contributed by atoms with Crippen molar-refractivity contribution in [3.05, 3.63) is 47.9 Å². The Morgan fingerprint density at radius 1 is 1.43 bits per heavy atom. The average Bonchev–Trinajstić information content (AvgIpc) is 3.26. The van der Waals surface area contributed by atoms with E-state index in [1.807, 2.05) is 31.3 Å². The number of rotatable bonds is 6. The maximum Gasteiger partial charge on any atom is 0.233 e. The van der Waals surface area contributed by atoms with Gasteiger partial charge in [0.05, 0.1) is 5.25 Å². The Hall–Kier alpha value is -2.26. The second-order valence-corrected chi connectivity index (χ2v) is 7.04. The standard InChI is InChI=1S/C14H14N6OS2/c1-10(23-14-19-17-9-22-14)13(21)16-8-11-4-2-5-15-12(11)20-7-3-6-18-20/h2-7,9-10H,8H2,1H3,(H,16,21). The van der Waals surface area contributed by atoms with Crippen LogP contribution in [0.3, 0.4) is 0 Å². The van der Waals surface area contributed by atoms with E-state index >= 15 is 0 Å². The minimum atomic E-state index is -0.243. The van der Waals surface area contributed by atoms with Crippen molar-refractivity contribution in [2.24, 2.45) is 0 Å². The van der Waals surface area contributed by atoms with E-state index in [9.17, 15) is 4.79 Å². The molecule has 0 spiro atoms. The molecule has 0 bridgehead atoms. The topological polar surface area (TPSA) is 85.6 Å². The van der Waals surface area contributed by atoms with Crippen LogP contribution in [0.1, 0.15) is 12.5 Å². The number of carbonyl (C=O) groups is 1. The third kappa shape index (κ3) is 3.93. The summed E-state index contributed by atoms with van der Waals surface area (Å²) in [6.45, 7) is 2.24. The first-order valence-corrected chi connectivity index (χ1v) is 8.64. The van der Waals surface area contributed by atoms with E-state index in [4.69, 9.17) is 0 Å². The molecule has 0 fully saturated rings. The van der Waals surface area contributed by atoms with Crippen molar-refractivity contribution in [1.29, 1.82) is 0 Å². The van der Waals surface area contributed by atoms with Crippen LogP contribution in [0.5, 0.6) is 0 Å². The van der Waals surface area contributed by atoms with Gasteiger partial charge in [-0.15, -0.1) is 10.2 Å². The summed E-state index contributed by atoms with van der Waals surface area (Å²) in [5.41, 5.74) is 2.55. The lowest BCUT2D eigenvalue weighted by molar-refractivity contribution is -0.120. The lowest BCUT2D eigenvalue weighted by atomic mass is 10.2. The van der Waals surface area contributed by atoms with Gasteiger partial charge in [0.25, 0.3) is 0 Å². The Bertz CT molecular complexity index is 759. The molecule has 118 valence electrons. The molecule has 0 radical (unpaired) electrons. The van der Waals surface area contributed by atoms with Gasteiger partial charge in [0.2, 0.25) is 5.91 Å². The van der Waals surface area contributed by atoms with Crippen LogP contribution in [-0.4, -0.2) is 36.1 Å². The molecule has 23 heavy (non-hydrogen) atoms. The highest BCUT2D eigenvalue weighted by molar-refractivity contribution is 8.02. The second kappa shape index (κ2) is 7.34. The number of thioether (sulfide) groups is 1. The zero-order chi connectivity index (χ0) is 16.1. The highest BCUT2D eigenvalue weighted by Crippen LogP contribution is 2.24. The van der Waals surface area contributed by atoms with Gasteiger partial charge in [0, 0.05) is 30.7 Å². The molecule has 1 unspecified atom stereocenters. The van der Waals surface area contributed by atoms with Crippen LogP contribution in [0.25, 0.3) is 5.82 Å². The molecule has 3 aromatic heterocycles. The number of nitrogens with one attached hydrogen (secondary N) is 1. The molecule has 0 aliphatic heterocycles. The molecule has 0 aliphatic carbocycles. The van der Waals surface area contributed by atoms with Crippen molar-refractivity contribution in [1.82, 2.24) is 30.3 Å². The van der Waals surface area contributed by atoms with E-state index in [-0.39, 0.29) is 11.2 Å². The number of aromatic nitrogens is 5. The fraction of sp³-hybridized carbons (Fsp3) is 0.214. The highest BCUT2D eigenvalue weighted by atomic mass is 32.2. The highest BCUT2D eigenvalue weighted by Gasteiger charge is 2.16. The van der Waals surface area contributed by atoms with Crippen molar-refractivity contribution >= 4 is 29.0 Å². The SMILES string of the molecule is CC(Sc1nncs1)C(=O)NCc1cccnc1-n1cccn1. The smallest absolute Gasteiger partial charge is 0.233 e. The van der Waals surface area contributed by atoms with Crippen molar-refractivity contribution in [3.63, 3.8) is 0 Å². The Morgan fingerprint density at radius 3 is 3.09 bits per heavy atom. The Morgan fingerprint density at radius 2 is 2.35 bits per heavy atom. The first-order valence-electron chi connectivity index (χ1n) is 6.88. The Labute approximate surface area is 141 Å². The molecule has 0 aliphatic rings. The fourth-order valence-corrected chi connectivity index (χ4v) is 3.56. The fourth-order valence-electron chi connectivity index (χ4n) is 1.91. The van der Waals surface area contributed by atoms with Gasteiger partial charge >= 0.3 is 0 Å². The Kier molecular flexibility index (Phi) is 4.99. The summed E-state index contributed by atoms with van der Waals surface area (Å²) in [4.78, 5) is 16.6. The van der Waals surface area contributed by atoms with Crippen LogP contribution in [0.15, 0.2) is 46.6 Å². The van der Waals surface area contributed by atoms with Crippen LogP contribution >= 0.6 is 23.1 Å². The van der Waals surface area contributed by atoms with Crippen molar-refractivity contribution in [2.75, 3.05) is 0 Å². The summed E-state index contributed by atoms with van der Waals surface area (Å²) < 4.78 is 2.47. The van der Waals surface area contributed by atoms with Gasteiger partial charge in [-0.3, -0.25) is 4.79 Å². The van der Waals surface area contributed by atoms with Gasteiger partial charge in [-0.05, 0) is 19.1 Å². The van der Waals surface area contributed by atoms with E-state index in [0.29, 0.717) is 12.4 Å². The molecule has 1 atom stereocenters. The number of hydrogen-bond acceptors (Lipinski definition) is 7. The summed E-state index contributed by atoms with van der Waals surface area (Å²) in [7, 11) is 0. The van der Waals surface area contributed by atoms with E-state index in [1.165, 1.54) is 23.1 Å².